The summed E-state index contributed by atoms with van der Waals surface area (Å²) in [4.78, 5) is 28.6. The molecular weight excluding hydrogens is 386 g/mol. The van der Waals surface area contributed by atoms with Crippen LogP contribution in [-0.2, 0) is 11.3 Å². The Kier molecular flexibility index (Phi) is 5.05. The number of aromatic nitrogens is 3. The third-order valence-electron chi connectivity index (χ3n) is 4.61. The Bertz CT molecular complexity index is 1290. The van der Waals surface area contributed by atoms with Crippen LogP contribution in [0.4, 0.5) is 0 Å². The van der Waals surface area contributed by atoms with Gasteiger partial charge in [-0.25, -0.2) is 19.3 Å². The quantitative estimate of drug-likeness (QED) is 0.371. The highest BCUT2D eigenvalue weighted by atomic mass is 16.5. The number of esters is 1. The normalized spacial score (nSPS) is 10.9. The Balaban J connectivity index is 1.52. The Hall–Kier alpha value is -3.94. The van der Waals surface area contributed by atoms with E-state index in [2.05, 4.69) is 10.1 Å². The lowest BCUT2D eigenvalue weighted by Gasteiger charge is -2.09. The summed E-state index contributed by atoms with van der Waals surface area (Å²) in [6.07, 6.45) is 1.44. The molecule has 4 aromatic rings. The zero-order valence-electron chi connectivity index (χ0n) is 16.7. The number of aryl methyl sites for hydroxylation is 2. The van der Waals surface area contributed by atoms with Crippen LogP contribution in [0.2, 0.25) is 0 Å². The first-order valence-electron chi connectivity index (χ1n) is 9.22. The molecule has 1 aromatic carbocycles. The Morgan fingerprint density at radius 3 is 2.63 bits per heavy atom. The minimum absolute atomic E-state index is 0.0769. The molecular formula is C22H19N3O5. The van der Waals surface area contributed by atoms with Gasteiger partial charge in [0.05, 0.1) is 18.4 Å². The van der Waals surface area contributed by atoms with E-state index in [1.807, 2.05) is 19.9 Å². The number of nitrogens with zero attached hydrogens (tertiary/aromatic N) is 3. The van der Waals surface area contributed by atoms with Crippen LogP contribution in [0, 0.1) is 13.8 Å². The highest BCUT2D eigenvalue weighted by Gasteiger charge is 2.13. The Morgan fingerprint density at radius 2 is 1.97 bits per heavy atom. The van der Waals surface area contributed by atoms with Crippen molar-refractivity contribution in [2.24, 2.45) is 0 Å². The van der Waals surface area contributed by atoms with Crippen molar-refractivity contribution in [2.45, 2.75) is 20.5 Å². The first kappa shape index (κ1) is 19.4. The molecule has 4 rings (SSSR count). The maximum atomic E-state index is 12.5. The minimum atomic E-state index is -0.544. The fraction of sp³-hybridized carbons (Fsp3) is 0.182. The molecule has 0 atom stereocenters. The lowest BCUT2D eigenvalue weighted by atomic mass is 10.1. The summed E-state index contributed by atoms with van der Waals surface area (Å²) in [6, 6.07) is 11.7. The number of pyridine rings is 1. The zero-order chi connectivity index (χ0) is 21.3. The molecule has 30 heavy (non-hydrogen) atoms. The second-order valence-corrected chi connectivity index (χ2v) is 6.77. The Morgan fingerprint density at radius 1 is 1.13 bits per heavy atom. The molecule has 0 aliphatic heterocycles. The molecule has 0 amide bonds. The van der Waals surface area contributed by atoms with Crippen molar-refractivity contribution in [3.8, 4) is 11.6 Å². The van der Waals surface area contributed by atoms with Gasteiger partial charge in [-0.2, -0.15) is 5.10 Å². The standard InChI is InChI=1S/C22H19N3O5/c1-13-8-14(2)25(24-13)20-7-4-15(11-23-20)22(27)29-12-16-9-21(26)30-19-10-17(28-3)5-6-18(16)19/h4-11H,12H2,1-3H3. The van der Waals surface area contributed by atoms with Crippen molar-refractivity contribution in [2.75, 3.05) is 7.11 Å². The predicted octanol–water partition coefficient (Wildman–Crippen LogP) is 3.36. The van der Waals surface area contributed by atoms with Gasteiger partial charge in [-0.15, -0.1) is 0 Å². The number of ether oxygens (including phenoxy) is 2. The molecule has 3 heterocycles. The second-order valence-electron chi connectivity index (χ2n) is 6.77. The van der Waals surface area contributed by atoms with Gasteiger partial charge < -0.3 is 13.9 Å². The van der Waals surface area contributed by atoms with Gasteiger partial charge in [0.15, 0.2) is 5.82 Å². The molecule has 0 unspecified atom stereocenters. The van der Waals surface area contributed by atoms with Crippen LogP contribution in [0.1, 0.15) is 27.3 Å². The molecule has 3 aromatic heterocycles. The van der Waals surface area contributed by atoms with Gasteiger partial charge in [-0.3, -0.25) is 0 Å². The van der Waals surface area contributed by atoms with Crippen LogP contribution in [0.3, 0.4) is 0 Å². The van der Waals surface area contributed by atoms with Crippen LogP contribution in [0.25, 0.3) is 16.8 Å². The number of hydrogen-bond acceptors (Lipinski definition) is 7. The molecule has 0 bridgehead atoms. The molecule has 0 N–H and O–H groups in total. The van der Waals surface area contributed by atoms with Crippen LogP contribution in [0.5, 0.6) is 5.75 Å². The Labute approximate surface area is 171 Å². The summed E-state index contributed by atoms with van der Waals surface area (Å²) in [5.41, 5.74) is 2.51. The van der Waals surface area contributed by atoms with E-state index in [9.17, 15) is 9.59 Å². The summed E-state index contributed by atoms with van der Waals surface area (Å²) in [5.74, 6) is 0.628. The van der Waals surface area contributed by atoms with Crippen molar-refractivity contribution in [1.29, 1.82) is 0 Å². The van der Waals surface area contributed by atoms with E-state index < -0.39 is 11.6 Å². The fourth-order valence-electron chi connectivity index (χ4n) is 3.18. The average molecular weight is 405 g/mol. The lowest BCUT2D eigenvalue weighted by molar-refractivity contribution is 0.0473. The summed E-state index contributed by atoms with van der Waals surface area (Å²) in [6.45, 7) is 3.76. The second kappa shape index (κ2) is 7.82. The van der Waals surface area contributed by atoms with E-state index in [1.165, 1.54) is 19.4 Å². The first-order chi connectivity index (χ1) is 14.4. The zero-order valence-corrected chi connectivity index (χ0v) is 16.7. The number of rotatable bonds is 5. The topological polar surface area (TPSA) is 96.5 Å². The lowest BCUT2D eigenvalue weighted by Crippen LogP contribution is -2.09. The van der Waals surface area contributed by atoms with Gasteiger partial charge in [0.1, 0.15) is 17.9 Å². The van der Waals surface area contributed by atoms with Crippen LogP contribution < -0.4 is 10.4 Å². The highest BCUT2D eigenvalue weighted by Crippen LogP contribution is 2.23. The number of methoxy groups -OCH3 is 1. The molecule has 8 nitrogen and oxygen atoms in total. The molecule has 0 saturated carbocycles. The molecule has 8 heteroatoms. The van der Waals surface area contributed by atoms with Crippen LogP contribution in [0.15, 0.2) is 57.9 Å². The van der Waals surface area contributed by atoms with Gasteiger partial charge in [0, 0.05) is 35.0 Å². The van der Waals surface area contributed by atoms with Crippen molar-refractivity contribution < 1.29 is 18.7 Å². The molecule has 152 valence electrons. The van der Waals surface area contributed by atoms with E-state index >= 15 is 0 Å². The van der Waals surface area contributed by atoms with E-state index in [0.29, 0.717) is 33.7 Å². The van der Waals surface area contributed by atoms with E-state index in [-0.39, 0.29) is 6.61 Å². The first-order valence-corrected chi connectivity index (χ1v) is 9.22. The average Bonchev–Trinajstić information content (AvgIpc) is 3.09. The van der Waals surface area contributed by atoms with Gasteiger partial charge >= 0.3 is 11.6 Å². The number of carbonyl (C=O) groups excluding carboxylic acids is 1. The molecule has 0 saturated heterocycles. The van der Waals surface area contributed by atoms with Gasteiger partial charge in [0.25, 0.3) is 0 Å². The minimum Gasteiger partial charge on any atom is -0.497 e. The van der Waals surface area contributed by atoms with Crippen molar-refractivity contribution in [3.05, 3.63) is 81.6 Å². The molecule has 0 fully saturated rings. The monoisotopic (exact) mass is 405 g/mol. The number of carbonyl (C=O) groups is 1. The SMILES string of the molecule is COc1ccc2c(COC(=O)c3ccc(-n4nc(C)cc4C)nc3)cc(=O)oc2c1. The molecule has 0 aliphatic rings. The summed E-state index contributed by atoms with van der Waals surface area (Å²) < 4.78 is 17.5. The fourth-order valence-corrected chi connectivity index (χ4v) is 3.18. The van der Waals surface area contributed by atoms with E-state index in [1.54, 1.807) is 35.0 Å². The summed E-state index contributed by atoms with van der Waals surface area (Å²) >= 11 is 0. The van der Waals surface area contributed by atoms with Crippen molar-refractivity contribution in [3.63, 3.8) is 0 Å². The molecule has 0 radical (unpaired) electrons. The van der Waals surface area contributed by atoms with Crippen LogP contribution >= 0.6 is 0 Å². The van der Waals surface area contributed by atoms with E-state index in [0.717, 1.165) is 11.4 Å². The number of hydrogen-bond donors (Lipinski definition) is 0. The number of fused-ring (bicyclic) bond motifs is 1. The van der Waals surface area contributed by atoms with Crippen LogP contribution in [-0.4, -0.2) is 27.8 Å². The van der Waals surface area contributed by atoms with Crippen molar-refractivity contribution in [1.82, 2.24) is 14.8 Å². The van der Waals surface area contributed by atoms with Gasteiger partial charge in [-0.05, 0) is 44.2 Å². The smallest absolute Gasteiger partial charge is 0.340 e. The third kappa shape index (κ3) is 3.80. The third-order valence-corrected chi connectivity index (χ3v) is 4.61. The maximum absolute atomic E-state index is 12.5. The summed E-state index contributed by atoms with van der Waals surface area (Å²) in [7, 11) is 1.53. The van der Waals surface area contributed by atoms with Gasteiger partial charge in [0.2, 0.25) is 0 Å². The largest absolute Gasteiger partial charge is 0.497 e. The predicted molar refractivity (Wildman–Crippen MR) is 109 cm³/mol. The van der Waals surface area contributed by atoms with Gasteiger partial charge in [-0.1, -0.05) is 0 Å². The highest BCUT2D eigenvalue weighted by molar-refractivity contribution is 5.89. The molecule has 0 spiro atoms. The van der Waals surface area contributed by atoms with Crippen molar-refractivity contribution >= 4 is 16.9 Å². The number of benzene rings is 1. The summed E-state index contributed by atoms with van der Waals surface area (Å²) in [5, 5.41) is 5.04. The maximum Gasteiger partial charge on any atom is 0.340 e. The molecule has 0 aliphatic carbocycles. The van der Waals surface area contributed by atoms with E-state index in [4.69, 9.17) is 13.9 Å².